The van der Waals surface area contributed by atoms with Crippen molar-refractivity contribution in [2.45, 2.75) is 45.1 Å². The fourth-order valence-electron chi connectivity index (χ4n) is 3.05. The second-order valence-electron chi connectivity index (χ2n) is 5.81. The highest BCUT2D eigenvalue weighted by Gasteiger charge is 2.35. The van der Waals surface area contributed by atoms with Crippen molar-refractivity contribution in [3.05, 3.63) is 0 Å². The van der Waals surface area contributed by atoms with Crippen LogP contribution in [-0.4, -0.2) is 46.9 Å². The molecule has 2 aliphatic rings. The Morgan fingerprint density at radius 3 is 2.30 bits per heavy atom. The number of carbonyl (C=O) groups is 3. The van der Waals surface area contributed by atoms with Crippen molar-refractivity contribution in [1.29, 1.82) is 0 Å². The molecule has 0 bridgehead atoms. The monoisotopic (exact) mass is 282 g/mol. The van der Waals surface area contributed by atoms with Gasteiger partial charge in [0.15, 0.2) is 0 Å². The average molecular weight is 282 g/mol. The lowest BCUT2D eigenvalue weighted by Crippen LogP contribution is -2.47. The van der Waals surface area contributed by atoms with Crippen molar-refractivity contribution in [2.75, 3.05) is 13.1 Å². The number of amides is 2. The first-order chi connectivity index (χ1) is 9.49. The van der Waals surface area contributed by atoms with Crippen LogP contribution < -0.4 is 5.32 Å². The number of carbonyl (C=O) groups excluding carboxylic acids is 2. The number of carboxylic acids is 1. The zero-order chi connectivity index (χ0) is 14.7. The fraction of sp³-hybridized carbons (Fsp3) is 0.786. The lowest BCUT2D eigenvalue weighted by Gasteiger charge is -2.22. The molecule has 6 nitrogen and oxygen atoms in total. The maximum absolute atomic E-state index is 12.1. The molecule has 1 saturated heterocycles. The molecule has 20 heavy (non-hydrogen) atoms. The Kier molecular flexibility index (Phi) is 4.62. The Morgan fingerprint density at radius 2 is 1.75 bits per heavy atom. The smallest absolute Gasteiger partial charge is 0.306 e. The number of hydrogen-bond acceptors (Lipinski definition) is 3. The highest BCUT2D eigenvalue weighted by molar-refractivity contribution is 5.88. The van der Waals surface area contributed by atoms with Crippen LogP contribution in [0, 0.1) is 11.8 Å². The van der Waals surface area contributed by atoms with Gasteiger partial charge in [-0.1, -0.05) is 0 Å². The quantitative estimate of drug-likeness (QED) is 0.791. The molecule has 2 N–H and O–H groups in total. The third-order valence-electron chi connectivity index (χ3n) is 4.30. The maximum atomic E-state index is 12.1. The van der Waals surface area contributed by atoms with Gasteiger partial charge in [-0.05, 0) is 39.0 Å². The van der Waals surface area contributed by atoms with Gasteiger partial charge in [0.1, 0.15) is 6.04 Å². The van der Waals surface area contributed by atoms with E-state index in [-0.39, 0.29) is 17.7 Å². The second kappa shape index (κ2) is 6.24. The van der Waals surface area contributed by atoms with E-state index in [4.69, 9.17) is 5.11 Å². The van der Waals surface area contributed by atoms with Crippen molar-refractivity contribution >= 4 is 17.8 Å². The van der Waals surface area contributed by atoms with Crippen LogP contribution in [0.25, 0.3) is 0 Å². The Hall–Kier alpha value is -1.59. The molecular weight excluding hydrogens is 260 g/mol. The van der Waals surface area contributed by atoms with Gasteiger partial charge in [-0.2, -0.15) is 0 Å². The fourth-order valence-corrected chi connectivity index (χ4v) is 3.05. The number of hydrogen-bond donors (Lipinski definition) is 2. The highest BCUT2D eigenvalue weighted by Crippen LogP contribution is 2.31. The number of nitrogens with zero attached hydrogens (tertiary/aromatic N) is 1. The first-order valence-corrected chi connectivity index (χ1v) is 7.31. The topological polar surface area (TPSA) is 86.7 Å². The van der Waals surface area contributed by atoms with Gasteiger partial charge in [0.25, 0.3) is 0 Å². The summed E-state index contributed by atoms with van der Waals surface area (Å²) in [5.41, 5.74) is 0. The minimum atomic E-state index is -0.832. The van der Waals surface area contributed by atoms with Gasteiger partial charge in [0.2, 0.25) is 11.8 Å². The minimum Gasteiger partial charge on any atom is -0.481 e. The summed E-state index contributed by atoms with van der Waals surface area (Å²) in [5, 5.41) is 11.7. The van der Waals surface area contributed by atoms with Gasteiger partial charge in [0, 0.05) is 19.0 Å². The van der Waals surface area contributed by atoms with E-state index in [9.17, 15) is 14.4 Å². The van der Waals surface area contributed by atoms with E-state index in [0.29, 0.717) is 19.3 Å². The van der Waals surface area contributed by atoms with Gasteiger partial charge >= 0.3 is 5.97 Å². The van der Waals surface area contributed by atoms with Crippen molar-refractivity contribution in [2.24, 2.45) is 11.8 Å². The Balaban J connectivity index is 1.82. The largest absolute Gasteiger partial charge is 0.481 e. The zero-order valence-corrected chi connectivity index (χ0v) is 11.8. The Bertz CT molecular complexity index is 404. The lowest BCUT2D eigenvalue weighted by atomic mass is 10.0. The molecule has 1 saturated carbocycles. The first kappa shape index (κ1) is 14.8. The molecule has 0 aromatic rings. The molecular formula is C14H22N2O4. The first-order valence-electron chi connectivity index (χ1n) is 7.31. The summed E-state index contributed by atoms with van der Waals surface area (Å²) < 4.78 is 0. The van der Waals surface area contributed by atoms with Gasteiger partial charge < -0.3 is 15.3 Å². The van der Waals surface area contributed by atoms with Crippen LogP contribution in [0.5, 0.6) is 0 Å². The third kappa shape index (κ3) is 3.29. The number of carboxylic acid groups (broad SMARTS) is 1. The Morgan fingerprint density at radius 1 is 1.15 bits per heavy atom. The van der Waals surface area contributed by atoms with Crippen LogP contribution >= 0.6 is 0 Å². The van der Waals surface area contributed by atoms with Crippen LogP contribution in [0.3, 0.4) is 0 Å². The summed E-state index contributed by atoms with van der Waals surface area (Å²) in [7, 11) is 0. The standard InChI is InChI=1S/C14H22N2O4/c1-9(13(18)16-6-2-3-7-16)15-12(17)10-4-5-11(8-10)14(19)20/h9-11H,2-8H2,1H3,(H,15,17)(H,19,20). The molecule has 112 valence electrons. The summed E-state index contributed by atoms with van der Waals surface area (Å²) in [5.74, 6) is -1.75. The van der Waals surface area contributed by atoms with Crippen molar-refractivity contribution in [3.8, 4) is 0 Å². The lowest BCUT2D eigenvalue weighted by molar-refractivity contribution is -0.141. The van der Waals surface area contributed by atoms with Crippen molar-refractivity contribution in [1.82, 2.24) is 10.2 Å². The van der Waals surface area contributed by atoms with Crippen LogP contribution in [0.2, 0.25) is 0 Å². The number of rotatable bonds is 4. The molecule has 1 heterocycles. The van der Waals surface area contributed by atoms with E-state index >= 15 is 0 Å². The number of likely N-dealkylation sites (tertiary alicyclic amines) is 1. The van der Waals surface area contributed by atoms with Crippen LogP contribution in [0.4, 0.5) is 0 Å². The molecule has 0 aromatic heterocycles. The van der Waals surface area contributed by atoms with E-state index in [1.165, 1.54) is 0 Å². The predicted molar refractivity (Wildman–Crippen MR) is 71.9 cm³/mol. The Labute approximate surface area is 118 Å². The van der Waals surface area contributed by atoms with Gasteiger partial charge in [0.05, 0.1) is 5.92 Å². The molecule has 2 amide bonds. The summed E-state index contributed by atoms with van der Waals surface area (Å²) >= 11 is 0. The number of nitrogens with one attached hydrogen (secondary N) is 1. The van der Waals surface area contributed by atoms with Crippen LogP contribution in [0.15, 0.2) is 0 Å². The van der Waals surface area contributed by atoms with E-state index in [1.54, 1.807) is 11.8 Å². The summed E-state index contributed by atoms with van der Waals surface area (Å²) in [4.78, 5) is 36.8. The summed E-state index contributed by atoms with van der Waals surface area (Å²) in [6.07, 6.45) is 3.56. The molecule has 2 rings (SSSR count). The SMILES string of the molecule is CC(NC(=O)C1CCC(C(=O)O)C1)C(=O)N1CCCC1. The third-order valence-corrected chi connectivity index (χ3v) is 4.30. The van der Waals surface area contributed by atoms with E-state index in [2.05, 4.69) is 5.32 Å². The molecule has 2 fully saturated rings. The molecule has 3 unspecified atom stereocenters. The maximum Gasteiger partial charge on any atom is 0.306 e. The summed E-state index contributed by atoms with van der Waals surface area (Å²) in [6, 6.07) is -0.524. The van der Waals surface area contributed by atoms with Crippen LogP contribution in [-0.2, 0) is 14.4 Å². The van der Waals surface area contributed by atoms with Gasteiger partial charge in [-0.15, -0.1) is 0 Å². The molecule has 6 heteroatoms. The van der Waals surface area contributed by atoms with E-state index in [1.807, 2.05) is 0 Å². The summed E-state index contributed by atoms with van der Waals surface area (Å²) in [6.45, 7) is 3.23. The van der Waals surface area contributed by atoms with E-state index < -0.39 is 17.9 Å². The molecule has 0 radical (unpaired) electrons. The molecule has 1 aliphatic carbocycles. The van der Waals surface area contributed by atoms with Gasteiger partial charge in [-0.25, -0.2) is 0 Å². The molecule has 3 atom stereocenters. The van der Waals surface area contributed by atoms with Crippen LogP contribution in [0.1, 0.15) is 39.0 Å². The zero-order valence-electron chi connectivity index (χ0n) is 11.8. The van der Waals surface area contributed by atoms with E-state index in [0.717, 1.165) is 25.9 Å². The minimum absolute atomic E-state index is 0.0383. The normalized spacial score (nSPS) is 27.4. The molecule has 0 aromatic carbocycles. The van der Waals surface area contributed by atoms with Crippen molar-refractivity contribution in [3.63, 3.8) is 0 Å². The number of aliphatic carboxylic acids is 1. The van der Waals surface area contributed by atoms with Gasteiger partial charge in [-0.3, -0.25) is 14.4 Å². The van der Waals surface area contributed by atoms with Crippen molar-refractivity contribution < 1.29 is 19.5 Å². The molecule has 1 aliphatic heterocycles. The highest BCUT2D eigenvalue weighted by atomic mass is 16.4. The molecule has 0 spiro atoms. The second-order valence-corrected chi connectivity index (χ2v) is 5.81. The predicted octanol–water partition coefficient (Wildman–Crippen LogP) is 0.614. The average Bonchev–Trinajstić information content (AvgIpc) is 3.08.